The van der Waals surface area contributed by atoms with Gasteiger partial charge in [0.15, 0.2) is 5.96 Å². The van der Waals surface area contributed by atoms with Gasteiger partial charge in [0.05, 0.1) is 12.6 Å². The summed E-state index contributed by atoms with van der Waals surface area (Å²) in [5, 5.41) is 6.86. The summed E-state index contributed by atoms with van der Waals surface area (Å²) in [5.41, 5.74) is 0. The van der Waals surface area contributed by atoms with Crippen molar-refractivity contribution in [3.8, 4) is 0 Å². The van der Waals surface area contributed by atoms with Gasteiger partial charge in [-0.1, -0.05) is 13.3 Å². The standard InChI is InChI=1S/C14H27N3O/c1-3-6-11-9-13(11)17-14(15-4-2)16-10-12-7-5-8-18-12/h11-13H,3-10H2,1-2H3,(H2,15,16,17). The highest BCUT2D eigenvalue weighted by molar-refractivity contribution is 5.80. The van der Waals surface area contributed by atoms with Crippen molar-refractivity contribution in [2.24, 2.45) is 10.9 Å². The minimum Gasteiger partial charge on any atom is -0.376 e. The maximum absolute atomic E-state index is 5.60. The quantitative estimate of drug-likeness (QED) is 0.561. The number of rotatable bonds is 6. The largest absolute Gasteiger partial charge is 0.376 e. The minimum absolute atomic E-state index is 0.339. The van der Waals surface area contributed by atoms with Crippen molar-refractivity contribution >= 4 is 5.96 Å². The summed E-state index contributed by atoms with van der Waals surface area (Å²) < 4.78 is 5.60. The van der Waals surface area contributed by atoms with Gasteiger partial charge in [0, 0.05) is 19.2 Å². The monoisotopic (exact) mass is 253 g/mol. The van der Waals surface area contributed by atoms with Crippen LogP contribution in [-0.4, -0.2) is 37.8 Å². The second-order valence-electron chi connectivity index (χ2n) is 5.39. The van der Waals surface area contributed by atoms with Gasteiger partial charge < -0.3 is 15.4 Å². The summed E-state index contributed by atoms with van der Waals surface area (Å²) in [6, 6.07) is 0.646. The molecule has 0 aromatic carbocycles. The molecule has 0 amide bonds. The fourth-order valence-corrected chi connectivity index (χ4v) is 2.59. The molecule has 3 atom stereocenters. The maximum Gasteiger partial charge on any atom is 0.191 e. The lowest BCUT2D eigenvalue weighted by Gasteiger charge is -2.12. The van der Waals surface area contributed by atoms with Crippen LogP contribution in [0.3, 0.4) is 0 Å². The molecule has 4 heteroatoms. The minimum atomic E-state index is 0.339. The van der Waals surface area contributed by atoms with Crippen LogP contribution in [0.15, 0.2) is 4.99 Å². The van der Waals surface area contributed by atoms with E-state index in [2.05, 4.69) is 29.5 Å². The zero-order valence-corrected chi connectivity index (χ0v) is 11.7. The lowest BCUT2D eigenvalue weighted by atomic mass is 10.2. The van der Waals surface area contributed by atoms with E-state index in [0.29, 0.717) is 12.1 Å². The topological polar surface area (TPSA) is 45.7 Å². The highest BCUT2D eigenvalue weighted by Crippen LogP contribution is 2.34. The first kappa shape index (κ1) is 13.7. The van der Waals surface area contributed by atoms with Gasteiger partial charge >= 0.3 is 0 Å². The van der Waals surface area contributed by atoms with Crippen molar-refractivity contribution in [1.29, 1.82) is 0 Å². The Balaban J connectivity index is 1.74. The fraction of sp³-hybridized carbons (Fsp3) is 0.929. The van der Waals surface area contributed by atoms with Crippen molar-refractivity contribution in [2.45, 2.75) is 58.1 Å². The number of guanidine groups is 1. The molecule has 1 aliphatic heterocycles. The SMILES string of the molecule is CCCC1CC1NC(=NCC1CCCO1)NCC. The molecule has 2 fully saturated rings. The smallest absolute Gasteiger partial charge is 0.191 e. The number of aliphatic imine (C=N–C) groups is 1. The molecule has 0 aromatic rings. The molecule has 2 N–H and O–H groups in total. The Labute approximate surface area is 111 Å². The Morgan fingerprint density at radius 3 is 2.94 bits per heavy atom. The second kappa shape index (κ2) is 6.98. The predicted octanol–water partition coefficient (Wildman–Crippen LogP) is 1.91. The summed E-state index contributed by atoms with van der Waals surface area (Å²) >= 11 is 0. The molecule has 4 nitrogen and oxygen atoms in total. The van der Waals surface area contributed by atoms with Gasteiger partial charge in [-0.2, -0.15) is 0 Å². The van der Waals surface area contributed by atoms with Gasteiger partial charge in [-0.25, -0.2) is 0 Å². The lowest BCUT2D eigenvalue weighted by Crippen LogP contribution is -2.39. The molecule has 0 bridgehead atoms. The molecule has 3 unspecified atom stereocenters. The molecular weight excluding hydrogens is 226 g/mol. The Bertz CT molecular complexity index is 274. The third-order valence-corrected chi connectivity index (χ3v) is 3.73. The van der Waals surface area contributed by atoms with Gasteiger partial charge in [-0.05, 0) is 38.5 Å². The molecular formula is C14H27N3O. The molecule has 1 saturated carbocycles. The van der Waals surface area contributed by atoms with Crippen molar-refractivity contribution in [1.82, 2.24) is 10.6 Å². The molecule has 0 aromatic heterocycles. The van der Waals surface area contributed by atoms with Crippen molar-refractivity contribution in [3.63, 3.8) is 0 Å². The van der Waals surface area contributed by atoms with Crippen LogP contribution in [0.5, 0.6) is 0 Å². The Hall–Kier alpha value is -0.770. The van der Waals surface area contributed by atoms with Gasteiger partial charge in [0.2, 0.25) is 0 Å². The zero-order chi connectivity index (χ0) is 12.8. The van der Waals surface area contributed by atoms with Crippen LogP contribution >= 0.6 is 0 Å². The number of hydrogen-bond acceptors (Lipinski definition) is 2. The van der Waals surface area contributed by atoms with E-state index in [-0.39, 0.29) is 0 Å². The first-order valence-electron chi connectivity index (χ1n) is 7.50. The highest BCUT2D eigenvalue weighted by Gasteiger charge is 2.36. The molecule has 2 aliphatic rings. The number of nitrogens with zero attached hydrogens (tertiary/aromatic N) is 1. The van der Waals surface area contributed by atoms with Crippen molar-refractivity contribution in [2.75, 3.05) is 19.7 Å². The average molecular weight is 253 g/mol. The first-order valence-corrected chi connectivity index (χ1v) is 7.50. The normalized spacial score (nSPS) is 31.4. The van der Waals surface area contributed by atoms with Gasteiger partial charge in [0.25, 0.3) is 0 Å². The zero-order valence-electron chi connectivity index (χ0n) is 11.7. The molecule has 0 spiro atoms. The van der Waals surface area contributed by atoms with Crippen molar-refractivity contribution < 1.29 is 4.74 Å². The van der Waals surface area contributed by atoms with E-state index >= 15 is 0 Å². The van der Waals surface area contributed by atoms with E-state index in [9.17, 15) is 0 Å². The van der Waals surface area contributed by atoms with E-state index in [0.717, 1.165) is 38.0 Å². The Kier molecular flexibility index (Phi) is 5.29. The second-order valence-corrected chi connectivity index (χ2v) is 5.39. The van der Waals surface area contributed by atoms with Gasteiger partial charge in [0.1, 0.15) is 0 Å². The molecule has 2 rings (SSSR count). The van der Waals surface area contributed by atoms with Gasteiger partial charge in [-0.3, -0.25) is 4.99 Å². The van der Waals surface area contributed by atoms with Crippen molar-refractivity contribution in [3.05, 3.63) is 0 Å². The van der Waals surface area contributed by atoms with Crippen LogP contribution in [0, 0.1) is 5.92 Å². The average Bonchev–Trinajstić information content (AvgIpc) is 2.90. The van der Waals surface area contributed by atoms with E-state index in [4.69, 9.17) is 4.74 Å². The van der Waals surface area contributed by atoms with Crippen LogP contribution in [0.1, 0.15) is 46.0 Å². The first-order chi connectivity index (χ1) is 8.83. The summed E-state index contributed by atoms with van der Waals surface area (Å²) in [7, 11) is 0. The Morgan fingerprint density at radius 2 is 2.28 bits per heavy atom. The van der Waals surface area contributed by atoms with Crippen LogP contribution in [0.25, 0.3) is 0 Å². The molecule has 18 heavy (non-hydrogen) atoms. The Morgan fingerprint density at radius 1 is 1.39 bits per heavy atom. The molecule has 1 heterocycles. The van der Waals surface area contributed by atoms with Crippen LogP contribution in [0.2, 0.25) is 0 Å². The van der Waals surface area contributed by atoms with Crippen LogP contribution in [0.4, 0.5) is 0 Å². The van der Waals surface area contributed by atoms with Crippen LogP contribution in [-0.2, 0) is 4.74 Å². The summed E-state index contributed by atoms with van der Waals surface area (Å²) in [6.07, 6.45) is 6.61. The number of hydrogen-bond donors (Lipinski definition) is 2. The summed E-state index contributed by atoms with van der Waals surface area (Å²) in [5.74, 6) is 1.83. The number of ether oxygens (including phenoxy) is 1. The predicted molar refractivity (Wildman–Crippen MR) is 74.9 cm³/mol. The van der Waals surface area contributed by atoms with E-state index in [1.54, 1.807) is 0 Å². The van der Waals surface area contributed by atoms with Crippen LogP contribution < -0.4 is 10.6 Å². The highest BCUT2D eigenvalue weighted by atomic mass is 16.5. The van der Waals surface area contributed by atoms with E-state index < -0.39 is 0 Å². The molecule has 1 aliphatic carbocycles. The lowest BCUT2D eigenvalue weighted by molar-refractivity contribution is 0.117. The summed E-state index contributed by atoms with van der Waals surface area (Å²) in [6.45, 7) is 6.99. The summed E-state index contributed by atoms with van der Waals surface area (Å²) in [4.78, 5) is 4.64. The fourth-order valence-electron chi connectivity index (χ4n) is 2.59. The maximum atomic E-state index is 5.60. The molecule has 104 valence electrons. The third kappa shape index (κ3) is 4.16. The number of nitrogens with one attached hydrogen (secondary N) is 2. The molecule has 0 radical (unpaired) electrons. The third-order valence-electron chi connectivity index (χ3n) is 3.73. The van der Waals surface area contributed by atoms with Gasteiger partial charge in [-0.15, -0.1) is 0 Å². The van der Waals surface area contributed by atoms with E-state index in [1.165, 1.54) is 25.7 Å². The molecule has 1 saturated heterocycles. The van der Waals surface area contributed by atoms with E-state index in [1.807, 2.05) is 0 Å².